The molecular weight excluding hydrogens is 543 g/mol. The average Bonchev–Trinajstić information content (AvgIpc) is 2.93. The van der Waals surface area contributed by atoms with Crippen LogP contribution >= 0.6 is 11.6 Å². The van der Waals surface area contributed by atoms with E-state index >= 15 is 0 Å². The molecule has 0 saturated carbocycles. The van der Waals surface area contributed by atoms with Gasteiger partial charge in [-0.25, -0.2) is 14.2 Å². The van der Waals surface area contributed by atoms with E-state index in [1.165, 1.54) is 30.6 Å². The molecule has 13 heteroatoms. The minimum atomic E-state index is -1.23. The lowest BCUT2D eigenvalue weighted by Gasteiger charge is -2.31. The first-order valence-electron chi connectivity index (χ1n) is 12.5. The van der Waals surface area contributed by atoms with Crippen LogP contribution in [0.2, 0.25) is 5.02 Å². The minimum Gasteiger partial charge on any atom is -0.487 e. The topological polar surface area (TPSA) is 128 Å². The van der Waals surface area contributed by atoms with E-state index in [2.05, 4.69) is 15.3 Å². The molecule has 2 aliphatic heterocycles. The van der Waals surface area contributed by atoms with Gasteiger partial charge in [0.15, 0.2) is 11.6 Å². The highest BCUT2D eigenvalue weighted by atomic mass is 35.5. The number of pyridine rings is 2. The number of fused-ring (bicyclic) bond motifs is 1. The van der Waals surface area contributed by atoms with Crippen molar-refractivity contribution in [2.45, 2.75) is 6.42 Å². The predicted octanol–water partition coefficient (Wildman–Crippen LogP) is 3.58. The van der Waals surface area contributed by atoms with E-state index in [1.54, 1.807) is 17.0 Å². The maximum atomic E-state index is 14.8. The van der Waals surface area contributed by atoms with Crippen molar-refractivity contribution in [1.82, 2.24) is 19.8 Å². The lowest BCUT2D eigenvalue weighted by atomic mass is 10.0. The highest BCUT2D eigenvalue weighted by Crippen LogP contribution is 2.43. The summed E-state index contributed by atoms with van der Waals surface area (Å²) in [5.74, 6) is -0.692. The van der Waals surface area contributed by atoms with Gasteiger partial charge in [-0.2, -0.15) is 0 Å². The number of piperazine rings is 1. The summed E-state index contributed by atoms with van der Waals surface area (Å²) in [6.45, 7) is 2.07. The molecule has 208 valence electrons. The number of amides is 3. The molecule has 1 fully saturated rings. The van der Waals surface area contributed by atoms with E-state index < -0.39 is 11.9 Å². The number of aromatic nitrogens is 2. The number of carbonyl (C=O) groups excluding carboxylic acids is 2. The Morgan fingerprint density at radius 3 is 2.75 bits per heavy atom. The maximum absolute atomic E-state index is 14.8. The number of rotatable bonds is 6. The number of hydrogen-bond acceptors (Lipinski definition) is 7. The van der Waals surface area contributed by atoms with Crippen molar-refractivity contribution in [2.75, 3.05) is 56.6 Å². The summed E-state index contributed by atoms with van der Waals surface area (Å²) in [5, 5.41) is 12.9. The third kappa shape index (κ3) is 5.82. The van der Waals surface area contributed by atoms with Crippen LogP contribution in [-0.4, -0.2) is 89.2 Å². The Hall–Kier alpha value is -4.29. The van der Waals surface area contributed by atoms with Gasteiger partial charge in [-0.15, -0.1) is 0 Å². The average molecular weight is 569 g/mol. The molecule has 0 radical (unpaired) electrons. The molecule has 1 aromatic carbocycles. The van der Waals surface area contributed by atoms with E-state index in [4.69, 9.17) is 16.3 Å². The van der Waals surface area contributed by atoms with Crippen molar-refractivity contribution in [3.05, 3.63) is 53.6 Å². The zero-order valence-electron chi connectivity index (χ0n) is 21.6. The fourth-order valence-corrected chi connectivity index (χ4v) is 4.77. The van der Waals surface area contributed by atoms with Gasteiger partial charge >= 0.3 is 6.09 Å². The molecule has 11 nitrogen and oxygen atoms in total. The number of likely N-dealkylation sites (N-methyl/N-ethyl adjacent to an activating group) is 1. The second-order valence-corrected chi connectivity index (χ2v) is 9.93. The summed E-state index contributed by atoms with van der Waals surface area (Å²) in [5.41, 5.74) is 1.53. The van der Waals surface area contributed by atoms with Gasteiger partial charge in [-0.1, -0.05) is 11.6 Å². The highest BCUT2D eigenvalue weighted by Gasteiger charge is 2.29. The number of anilines is 2. The van der Waals surface area contributed by atoms with Gasteiger partial charge in [-0.05, 0) is 37.4 Å². The van der Waals surface area contributed by atoms with Gasteiger partial charge in [0, 0.05) is 54.0 Å². The van der Waals surface area contributed by atoms with Crippen LogP contribution in [0.3, 0.4) is 0 Å². The van der Waals surface area contributed by atoms with Gasteiger partial charge in [0.05, 0.1) is 30.7 Å². The van der Waals surface area contributed by atoms with Crippen molar-refractivity contribution >= 4 is 41.0 Å². The molecule has 0 bridgehead atoms. The molecule has 3 amide bonds. The number of nitrogens with zero attached hydrogens (tertiary/aromatic N) is 5. The van der Waals surface area contributed by atoms with Crippen LogP contribution in [-0.2, 0) is 9.59 Å². The van der Waals surface area contributed by atoms with Crippen LogP contribution in [0.1, 0.15) is 6.42 Å². The lowest BCUT2D eigenvalue weighted by Crippen LogP contribution is -2.49. The van der Waals surface area contributed by atoms with Gasteiger partial charge in [0.2, 0.25) is 11.8 Å². The Labute approximate surface area is 234 Å². The molecule has 2 aliphatic rings. The second kappa shape index (κ2) is 11.4. The zero-order valence-corrected chi connectivity index (χ0v) is 22.3. The molecule has 0 unspecified atom stereocenters. The van der Waals surface area contributed by atoms with Gasteiger partial charge < -0.3 is 20.1 Å². The number of benzene rings is 1. The van der Waals surface area contributed by atoms with E-state index in [9.17, 15) is 23.9 Å². The molecule has 1 saturated heterocycles. The first-order chi connectivity index (χ1) is 19.2. The molecule has 0 aliphatic carbocycles. The quantitative estimate of drug-likeness (QED) is 0.462. The minimum absolute atomic E-state index is 0.0110. The third-order valence-corrected chi connectivity index (χ3v) is 6.89. The molecular formula is C27H26ClFN6O5. The number of nitrogens with one attached hydrogen (secondary N) is 1. The smallest absolute Gasteiger partial charge is 0.413 e. The molecule has 0 atom stereocenters. The normalized spacial score (nSPS) is 15.4. The number of carboxylic acid groups (broad SMARTS) is 1. The van der Waals surface area contributed by atoms with Crippen LogP contribution in [0, 0.1) is 5.82 Å². The molecule has 40 heavy (non-hydrogen) atoms. The van der Waals surface area contributed by atoms with Crippen molar-refractivity contribution in [2.24, 2.45) is 0 Å². The van der Waals surface area contributed by atoms with Crippen molar-refractivity contribution in [1.29, 1.82) is 0 Å². The Bertz CT molecular complexity index is 1490. The van der Waals surface area contributed by atoms with E-state index in [0.29, 0.717) is 36.4 Å². The second-order valence-electron chi connectivity index (χ2n) is 9.49. The first-order valence-corrected chi connectivity index (χ1v) is 12.9. The standard InChI is InChI=1S/C27H26ClFN6O5/c1-33-6-7-34(24(37)15-33)5-4-23(36)31-18-10-16(13-30-14-18)19-12-22(20-11-17(28)2-3-21(20)29)32-26-25(19)40-9-8-35(26)27(38)39/h2-3,10-14H,4-9,15H2,1H3,(H,31,36)(H,38,39). The Balaban J connectivity index is 1.45. The van der Waals surface area contributed by atoms with Crippen LogP contribution in [0.5, 0.6) is 5.75 Å². The fourth-order valence-electron chi connectivity index (χ4n) is 4.60. The van der Waals surface area contributed by atoms with E-state index in [1.807, 2.05) is 11.9 Å². The number of ether oxygens (including phenoxy) is 1. The molecule has 4 heterocycles. The molecule has 5 rings (SSSR count). The van der Waals surface area contributed by atoms with Crippen LogP contribution < -0.4 is 15.0 Å². The monoisotopic (exact) mass is 568 g/mol. The van der Waals surface area contributed by atoms with E-state index in [0.717, 1.165) is 11.4 Å². The van der Waals surface area contributed by atoms with Gasteiger partial charge in [0.1, 0.15) is 12.4 Å². The van der Waals surface area contributed by atoms with Crippen molar-refractivity contribution < 1.29 is 28.6 Å². The number of hydrogen-bond donors (Lipinski definition) is 2. The van der Waals surface area contributed by atoms with Crippen molar-refractivity contribution in [3.8, 4) is 28.1 Å². The SMILES string of the molecule is CN1CCN(CCC(=O)Nc2cncc(-c3cc(-c4cc(Cl)ccc4F)nc4c3OCCN4C(=O)O)c2)C(=O)C1. The van der Waals surface area contributed by atoms with Crippen molar-refractivity contribution in [3.63, 3.8) is 0 Å². The molecule has 3 aromatic rings. The highest BCUT2D eigenvalue weighted by molar-refractivity contribution is 6.30. The Kier molecular flexibility index (Phi) is 7.81. The summed E-state index contributed by atoms with van der Waals surface area (Å²) >= 11 is 6.11. The summed E-state index contributed by atoms with van der Waals surface area (Å²) < 4.78 is 20.6. The Morgan fingerprint density at radius 1 is 1.15 bits per heavy atom. The van der Waals surface area contributed by atoms with E-state index in [-0.39, 0.29) is 59.2 Å². The summed E-state index contributed by atoms with van der Waals surface area (Å²) in [6.07, 6.45) is 1.87. The predicted molar refractivity (Wildman–Crippen MR) is 146 cm³/mol. The number of carbonyl (C=O) groups is 3. The van der Waals surface area contributed by atoms with Gasteiger partial charge in [-0.3, -0.25) is 24.4 Å². The largest absolute Gasteiger partial charge is 0.487 e. The molecule has 2 N–H and O–H groups in total. The molecule has 0 spiro atoms. The lowest BCUT2D eigenvalue weighted by molar-refractivity contribution is -0.135. The summed E-state index contributed by atoms with van der Waals surface area (Å²) in [6, 6.07) is 7.24. The number of halogens is 2. The first kappa shape index (κ1) is 27.3. The van der Waals surface area contributed by atoms with Gasteiger partial charge in [0.25, 0.3) is 0 Å². The maximum Gasteiger partial charge on any atom is 0.413 e. The van der Waals surface area contributed by atoms with Crippen LogP contribution in [0.4, 0.5) is 20.7 Å². The summed E-state index contributed by atoms with van der Waals surface area (Å²) in [7, 11) is 1.88. The van der Waals surface area contributed by atoms with Crippen LogP contribution in [0.15, 0.2) is 42.7 Å². The fraction of sp³-hybridized carbons (Fsp3) is 0.296. The van der Waals surface area contributed by atoms with Crippen LogP contribution in [0.25, 0.3) is 22.4 Å². The molecule has 2 aromatic heterocycles. The Morgan fingerprint density at radius 2 is 1.98 bits per heavy atom. The summed E-state index contributed by atoms with van der Waals surface area (Å²) in [4.78, 5) is 50.1. The third-order valence-electron chi connectivity index (χ3n) is 6.66. The zero-order chi connectivity index (χ0) is 28.4.